The normalized spacial score (nSPS) is 13.4. The molecule has 2 heteroatoms. The number of unbranched alkanes of at least 4 members (excludes halogenated alkanes) is 2. The number of benzene rings is 1. The minimum absolute atomic E-state index is 0.406. The van der Waals surface area contributed by atoms with E-state index in [9.17, 15) is 0 Å². The second kappa shape index (κ2) is 8.84. The number of nitrogens with one attached hydrogen (secondary N) is 1. The summed E-state index contributed by atoms with van der Waals surface area (Å²) in [6, 6.07) is 9.18. The molecule has 0 aliphatic heterocycles. The lowest BCUT2D eigenvalue weighted by molar-refractivity contribution is 0.289. The van der Waals surface area contributed by atoms with Gasteiger partial charge in [0.1, 0.15) is 0 Å². The Morgan fingerprint density at radius 3 is 2.40 bits per heavy atom. The third-order valence-corrected chi connectivity index (χ3v) is 4.37. The van der Waals surface area contributed by atoms with Crippen LogP contribution in [0.4, 0.5) is 0 Å². The predicted octanol–water partition coefficient (Wildman–Crippen LogP) is 5.58. The average molecular weight is 340 g/mol. The van der Waals surface area contributed by atoms with Crippen molar-refractivity contribution in [1.82, 2.24) is 5.32 Å². The standard InChI is InChI=1S/C18H30BrN/c1-5-6-7-12-18(3,4)14-20-15(2)13-16-8-10-17(19)11-9-16/h8-11,15,20H,5-7,12-14H2,1-4H3. The van der Waals surface area contributed by atoms with Crippen LogP contribution in [0.1, 0.15) is 58.9 Å². The van der Waals surface area contributed by atoms with Crippen molar-refractivity contribution in [3.05, 3.63) is 34.3 Å². The topological polar surface area (TPSA) is 12.0 Å². The molecule has 0 saturated carbocycles. The minimum atomic E-state index is 0.406. The predicted molar refractivity (Wildman–Crippen MR) is 93.2 cm³/mol. The summed E-state index contributed by atoms with van der Waals surface area (Å²) in [5, 5.41) is 3.70. The Labute approximate surface area is 133 Å². The molecule has 0 aromatic heterocycles. The second-order valence-electron chi connectivity index (χ2n) is 6.73. The van der Waals surface area contributed by atoms with Gasteiger partial charge in [0.25, 0.3) is 0 Å². The Morgan fingerprint density at radius 2 is 1.80 bits per heavy atom. The highest BCUT2D eigenvalue weighted by Crippen LogP contribution is 2.23. The van der Waals surface area contributed by atoms with Crippen molar-refractivity contribution in [3.63, 3.8) is 0 Å². The molecule has 1 rings (SSSR count). The molecule has 0 radical (unpaired) electrons. The largest absolute Gasteiger partial charge is 0.313 e. The molecule has 0 saturated heterocycles. The highest BCUT2D eigenvalue weighted by Gasteiger charge is 2.18. The molecular formula is C18H30BrN. The van der Waals surface area contributed by atoms with E-state index in [-0.39, 0.29) is 0 Å². The van der Waals surface area contributed by atoms with Gasteiger partial charge >= 0.3 is 0 Å². The zero-order valence-electron chi connectivity index (χ0n) is 13.5. The molecule has 0 aliphatic carbocycles. The zero-order chi connectivity index (χ0) is 15.0. The van der Waals surface area contributed by atoms with Crippen LogP contribution in [0.15, 0.2) is 28.7 Å². The van der Waals surface area contributed by atoms with E-state index in [4.69, 9.17) is 0 Å². The van der Waals surface area contributed by atoms with E-state index in [1.807, 2.05) is 0 Å². The van der Waals surface area contributed by atoms with Crippen LogP contribution in [-0.4, -0.2) is 12.6 Å². The van der Waals surface area contributed by atoms with Gasteiger partial charge in [0.15, 0.2) is 0 Å². The molecule has 0 fully saturated rings. The Hall–Kier alpha value is -0.340. The van der Waals surface area contributed by atoms with Gasteiger partial charge in [0, 0.05) is 17.1 Å². The zero-order valence-corrected chi connectivity index (χ0v) is 15.1. The van der Waals surface area contributed by atoms with Crippen LogP contribution >= 0.6 is 15.9 Å². The van der Waals surface area contributed by atoms with Crippen LogP contribution < -0.4 is 5.32 Å². The molecule has 20 heavy (non-hydrogen) atoms. The van der Waals surface area contributed by atoms with Gasteiger partial charge in [-0.2, -0.15) is 0 Å². The van der Waals surface area contributed by atoms with Crippen molar-refractivity contribution in [1.29, 1.82) is 0 Å². The quantitative estimate of drug-likeness (QED) is 0.579. The summed E-state index contributed by atoms with van der Waals surface area (Å²) >= 11 is 3.48. The summed E-state index contributed by atoms with van der Waals surface area (Å²) in [7, 11) is 0. The number of hydrogen-bond acceptors (Lipinski definition) is 1. The molecular weight excluding hydrogens is 310 g/mol. The van der Waals surface area contributed by atoms with Crippen molar-refractivity contribution < 1.29 is 0 Å². The lowest BCUT2D eigenvalue weighted by Gasteiger charge is -2.27. The van der Waals surface area contributed by atoms with Crippen LogP contribution in [0.2, 0.25) is 0 Å². The molecule has 1 N–H and O–H groups in total. The van der Waals surface area contributed by atoms with E-state index in [0.717, 1.165) is 17.4 Å². The molecule has 0 aliphatic rings. The van der Waals surface area contributed by atoms with Gasteiger partial charge in [-0.3, -0.25) is 0 Å². The Morgan fingerprint density at radius 1 is 1.15 bits per heavy atom. The molecule has 0 bridgehead atoms. The third-order valence-electron chi connectivity index (χ3n) is 3.84. The summed E-state index contributed by atoms with van der Waals surface area (Å²) in [6.07, 6.45) is 6.44. The first kappa shape index (κ1) is 17.7. The van der Waals surface area contributed by atoms with Gasteiger partial charge in [-0.15, -0.1) is 0 Å². The highest BCUT2D eigenvalue weighted by atomic mass is 79.9. The number of halogens is 1. The van der Waals surface area contributed by atoms with Gasteiger partial charge in [-0.05, 0) is 42.9 Å². The SMILES string of the molecule is CCCCCC(C)(C)CNC(C)Cc1ccc(Br)cc1. The first-order chi connectivity index (χ1) is 9.43. The van der Waals surface area contributed by atoms with Crippen molar-refractivity contribution in [2.45, 2.75) is 65.8 Å². The molecule has 1 atom stereocenters. The summed E-state index contributed by atoms with van der Waals surface area (Å²) in [5.74, 6) is 0. The van der Waals surface area contributed by atoms with Crippen molar-refractivity contribution in [2.75, 3.05) is 6.54 Å². The molecule has 0 heterocycles. The van der Waals surface area contributed by atoms with Crippen molar-refractivity contribution in [3.8, 4) is 0 Å². The average Bonchev–Trinajstić information content (AvgIpc) is 2.40. The molecule has 0 spiro atoms. The smallest absolute Gasteiger partial charge is 0.0175 e. The number of hydrogen-bond donors (Lipinski definition) is 1. The van der Waals surface area contributed by atoms with Gasteiger partial charge in [0.2, 0.25) is 0 Å². The monoisotopic (exact) mass is 339 g/mol. The molecule has 1 nitrogen and oxygen atoms in total. The van der Waals surface area contributed by atoms with E-state index >= 15 is 0 Å². The lowest BCUT2D eigenvalue weighted by atomic mass is 9.86. The van der Waals surface area contributed by atoms with Crippen molar-refractivity contribution in [2.24, 2.45) is 5.41 Å². The van der Waals surface area contributed by atoms with Crippen LogP contribution in [0.25, 0.3) is 0 Å². The summed E-state index contributed by atoms with van der Waals surface area (Å²) in [4.78, 5) is 0. The maximum atomic E-state index is 3.70. The molecule has 1 aromatic carbocycles. The third kappa shape index (κ3) is 7.44. The summed E-state index contributed by atoms with van der Waals surface area (Å²) in [5.41, 5.74) is 1.81. The fourth-order valence-electron chi connectivity index (χ4n) is 2.44. The van der Waals surface area contributed by atoms with Crippen LogP contribution in [0.5, 0.6) is 0 Å². The molecule has 114 valence electrons. The fraction of sp³-hybridized carbons (Fsp3) is 0.667. The van der Waals surface area contributed by atoms with Crippen LogP contribution in [0, 0.1) is 5.41 Å². The Bertz CT molecular complexity index is 370. The van der Waals surface area contributed by atoms with Gasteiger partial charge in [0.05, 0.1) is 0 Å². The van der Waals surface area contributed by atoms with Crippen molar-refractivity contribution >= 4 is 15.9 Å². The maximum absolute atomic E-state index is 3.70. The summed E-state index contributed by atoms with van der Waals surface area (Å²) < 4.78 is 1.15. The van der Waals surface area contributed by atoms with Crippen LogP contribution in [0.3, 0.4) is 0 Å². The maximum Gasteiger partial charge on any atom is 0.0175 e. The van der Waals surface area contributed by atoms with Gasteiger partial charge in [-0.1, -0.05) is 68.1 Å². The first-order valence-corrected chi connectivity index (χ1v) is 8.70. The van der Waals surface area contributed by atoms with Gasteiger partial charge < -0.3 is 5.32 Å². The Kier molecular flexibility index (Phi) is 7.83. The van der Waals surface area contributed by atoms with Crippen LogP contribution in [-0.2, 0) is 6.42 Å². The summed E-state index contributed by atoms with van der Waals surface area (Å²) in [6.45, 7) is 10.4. The Balaban J connectivity index is 2.31. The molecule has 0 amide bonds. The highest BCUT2D eigenvalue weighted by molar-refractivity contribution is 9.10. The minimum Gasteiger partial charge on any atom is -0.313 e. The molecule has 1 aromatic rings. The van der Waals surface area contributed by atoms with E-state index in [0.29, 0.717) is 11.5 Å². The number of rotatable bonds is 9. The van der Waals surface area contributed by atoms with E-state index in [1.54, 1.807) is 0 Å². The van der Waals surface area contributed by atoms with E-state index in [2.05, 4.69) is 73.2 Å². The molecule has 1 unspecified atom stereocenters. The second-order valence-corrected chi connectivity index (χ2v) is 7.65. The van der Waals surface area contributed by atoms with E-state index in [1.165, 1.54) is 31.2 Å². The van der Waals surface area contributed by atoms with Gasteiger partial charge in [-0.25, -0.2) is 0 Å². The first-order valence-electron chi connectivity index (χ1n) is 7.91. The fourth-order valence-corrected chi connectivity index (χ4v) is 2.70. The lowest BCUT2D eigenvalue weighted by Crippen LogP contribution is -2.36. The van der Waals surface area contributed by atoms with E-state index < -0.39 is 0 Å².